The molecule has 0 atom stereocenters. The lowest BCUT2D eigenvalue weighted by Gasteiger charge is -2.34. The Bertz CT molecular complexity index is 1070. The van der Waals surface area contributed by atoms with E-state index in [1.807, 2.05) is 16.7 Å². The van der Waals surface area contributed by atoms with Gasteiger partial charge < -0.3 is 4.90 Å². The number of piperidine rings is 1. The molecule has 1 aliphatic heterocycles. The Labute approximate surface area is 177 Å². The van der Waals surface area contributed by atoms with Crippen LogP contribution in [-0.2, 0) is 12.6 Å². The maximum atomic E-state index is 13.0. The van der Waals surface area contributed by atoms with Crippen LogP contribution in [0.3, 0.4) is 0 Å². The van der Waals surface area contributed by atoms with Crippen LogP contribution in [0.4, 0.5) is 18.9 Å². The third kappa shape index (κ3) is 3.75. The Morgan fingerprint density at radius 1 is 1.03 bits per heavy atom. The van der Waals surface area contributed by atoms with Crippen molar-refractivity contribution in [2.24, 2.45) is 5.92 Å². The Morgan fingerprint density at radius 3 is 2.50 bits per heavy atom. The molecule has 1 aromatic carbocycles. The van der Waals surface area contributed by atoms with E-state index in [-0.39, 0.29) is 5.92 Å². The molecule has 0 unspecified atom stereocenters. The van der Waals surface area contributed by atoms with Crippen LogP contribution in [0.5, 0.6) is 0 Å². The van der Waals surface area contributed by atoms with Crippen LogP contribution in [0.25, 0.3) is 5.65 Å². The Kier molecular flexibility index (Phi) is 4.88. The molecule has 30 heavy (non-hydrogen) atoms. The zero-order chi connectivity index (χ0) is 20.9. The van der Waals surface area contributed by atoms with Gasteiger partial charge in [-0.2, -0.15) is 13.2 Å². The number of hydrogen-bond donors (Lipinski definition) is 0. The van der Waals surface area contributed by atoms with E-state index in [0.29, 0.717) is 16.6 Å². The molecule has 2 aliphatic rings. The number of nitrogens with zero attached hydrogens (tertiary/aromatic N) is 4. The number of rotatable bonds is 4. The topological polar surface area (TPSA) is 33.4 Å². The van der Waals surface area contributed by atoms with Gasteiger partial charge in [-0.25, -0.2) is 0 Å². The average Bonchev–Trinajstić information content (AvgIpc) is 3.46. The van der Waals surface area contributed by atoms with Crippen LogP contribution < -0.4 is 4.90 Å². The molecule has 5 rings (SSSR count). The van der Waals surface area contributed by atoms with Gasteiger partial charge in [-0.05, 0) is 55.2 Å². The molecule has 2 aromatic heterocycles. The number of benzene rings is 1. The van der Waals surface area contributed by atoms with E-state index in [4.69, 9.17) is 11.6 Å². The van der Waals surface area contributed by atoms with Crippen LogP contribution in [0.2, 0.25) is 5.02 Å². The van der Waals surface area contributed by atoms with Gasteiger partial charge in [0.25, 0.3) is 0 Å². The number of fused-ring (bicyclic) bond motifs is 1. The first-order chi connectivity index (χ1) is 14.4. The average molecular weight is 435 g/mol. The predicted octanol–water partition coefficient (Wildman–Crippen LogP) is 5.74. The molecule has 0 bridgehead atoms. The van der Waals surface area contributed by atoms with Crippen molar-refractivity contribution in [2.75, 3.05) is 18.0 Å². The Morgan fingerprint density at radius 2 is 1.80 bits per heavy atom. The van der Waals surface area contributed by atoms with E-state index in [0.717, 1.165) is 55.5 Å². The third-order valence-electron chi connectivity index (χ3n) is 6.26. The van der Waals surface area contributed by atoms with Gasteiger partial charge in [0.2, 0.25) is 0 Å². The summed E-state index contributed by atoms with van der Waals surface area (Å²) in [5.74, 6) is 1.78. The Balaban J connectivity index is 1.32. The lowest BCUT2D eigenvalue weighted by Crippen LogP contribution is -2.33. The summed E-state index contributed by atoms with van der Waals surface area (Å²) in [6, 6.07) is 7.71. The lowest BCUT2D eigenvalue weighted by molar-refractivity contribution is -0.137. The van der Waals surface area contributed by atoms with Gasteiger partial charge in [0.05, 0.1) is 11.3 Å². The molecule has 1 saturated heterocycles. The highest BCUT2D eigenvalue weighted by Gasteiger charge is 2.32. The van der Waals surface area contributed by atoms with Gasteiger partial charge in [-0.1, -0.05) is 29.8 Å². The Hall–Kier alpha value is -2.28. The van der Waals surface area contributed by atoms with Crippen molar-refractivity contribution in [1.82, 2.24) is 14.6 Å². The highest BCUT2D eigenvalue weighted by molar-refractivity contribution is 6.36. The van der Waals surface area contributed by atoms with Crippen molar-refractivity contribution in [3.63, 3.8) is 0 Å². The predicted molar refractivity (Wildman–Crippen MR) is 110 cm³/mol. The SMILES string of the molecule is FC(F)(F)c1cccc(C2CCN(c3ccn4c(CC5CC5)nnc4c3Cl)CC2)c1. The van der Waals surface area contributed by atoms with E-state index in [1.54, 1.807) is 6.07 Å². The van der Waals surface area contributed by atoms with Gasteiger partial charge in [-0.15, -0.1) is 10.2 Å². The number of anilines is 1. The van der Waals surface area contributed by atoms with Crippen LogP contribution in [0.1, 0.15) is 48.6 Å². The number of halogens is 4. The van der Waals surface area contributed by atoms with Gasteiger partial charge in [-0.3, -0.25) is 4.40 Å². The summed E-state index contributed by atoms with van der Waals surface area (Å²) in [5.41, 5.74) is 1.76. The molecule has 0 N–H and O–H groups in total. The molecule has 0 spiro atoms. The molecule has 1 aliphatic carbocycles. The van der Waals surface area contributed by atoms with Gasteiger partial charge in [0.15, 0.2) is 5.65 Å². The van der Waals surface area contributed by atoms with E-state index < -0.39 is 11.7 Å². The smallest absolute Gasteiger partial charge is 0.370 e. The van der Waals surface area contributed by atoms with Gasteiger partial charge in [0.1, 0.15) is 10.8 Å². The molecular formula is C22H22ClF3N4. The van der Waals surface area contributed by atoms with Crippen molar-refractivity contribution in [1.29, 1.82) is 0 Å². The highest BCUT2D eigenvalue weighted by atomic mass is 35.5. The minimum atomic E-state index is -4.31. The first-order valence-electron chi connectivity index (χ1n) is 10.3. The first kappa shape index (κ1) is 19.7. The molecule has 1 saturated carbocycles. The molecule has 158 valence electrons. The fourth-order valence-electron chi connectivity index (χ4n) is 4.35. The maximum absolute atomic E-state index is 13.0. The van der Waals surface area contributed by atoms with Crippen molar-refractivity contribution in [3.05, 3.63) is 58.5 Å². The summed E-state index contributed by atoms with van der Waals surface area (Å²) < 4.78 is 41.1. The van der Waals surface area contributed by atoms with E-state index in [9.17, 15) is 13.2 Å². The van der Waals surface area contributed by atoms with Crippen molar-refractivity contribution >= 4 is 22.9 Å². The van der Waals surface area contributed by atoms with E-state index in [1.165, 1.54) is 25.0 Å². The van der Waals surface area contributed by atoms with Gasteiger partial charge in [0, 0.05) is 25.7 Å². The second kappa shape index (κ2) is 7.45. The lowest BCUT2D eigenvalue weighted by atomic mass is 9.88. The standard InChI is InChI=1S/C22H22ClF3N4/c23-20-18(8-11-30-19(12-14-4-5-14)27-28-21(20)30)29-9-6-15(7-10-29)16-2-1-3-17(13-16)22(24,25)26/h1-3,8,11,13-15H,4-7,9-10,12H2. The van der Waals surface area contributed by atoms with Crippen LogP contribution in [0, 0.1) is 5.92 Å². The molecule has 4 nitrogen and oxygen atoms in total. The zero-order valence-electron chi connectivity index (χ0n) is 16.4. The molecule has 8 heteroatoms. The second-order valence-corrected chi connectivity index (χ2v) is 8.73. The van der Waals surface area contributed by atoms with Crippen molar-refractivity contribution < 1.29 is 13.2 Å². The summed E-state index contributed by atoms with van der Waals surface area (Å²) in [6.07, 6.45) is 2.66. The molecule has 3 heterocycles. The van der Waals surface area contributed by atoms with Gasteiger partial charge >= 0.3 is 6.18 Å². The normalized spacial score (nSPS) is 18.3. The van der Waals surface area contributed by atoms with E-state index >= 15 is 0 Å². The maximum Gasteiger partial charge on any atom is 0.416 e. The van der Waals surface area contributed by atoms with Crippen LogP contribution >= 0.6 is 11.6 Å². The monoisotopic (exact) mass is 434 g/mol. The van der Waals surface area contributed by atoms with Crippen molar-refractivity contribution in [2.45, 2.75) is 44.2 Å². The van der Waals surface area contributed by atoms with E-state index in [2.05, 4.69) is 15.1 Å². The number of hydrogen-bond acceptors (Lipinski definition) is 3. The molecule has 0 amide bonds. The summed E-state index contributed by atoms with van der Waals surface area (Å²) in [4.78, 5) is 2.20. The minimum absolute atomic E-state index is 0.115. The largest absolute Gasteiger partial charge is 0.416 e. The zero-order valence-corrected chi connectivity index (χ0v) is 17.1. The first-order valence-corrected chi connectivity index (χ1v) is 10.7. The fraction of sp³-hybridized carbons (Fsp3) is 0.455. The summed E-state index contributed by atoms with van der Waals surface area (Å²) in [6.45, 7) is 1.47. The minimum Gasteiger partial charge on any atom is -0.370 e. The summed E-state index contributed by atoms with van der Waals surface area (Å²) >= 11 is 6.67. The highest BCUT2D eigenvalue weighted by Crippen LogP contribution is 2.38. The number of pyridine rings is 1. The third-order valence-corrected chi connectivity index (χ3v) is 6.62. The second-order valence-electron chi connectivity index (χ2n) is 8.36. The number of alkyl halides is 3. The molecule has 2 fully saturated rings. The van der Waals surface area contributed by atoms with Crippen molar-refractivity contribution in [3.8, 4) is 0 Å². The van der Waals surface area contributed by atoms with Crippen LogP contribution in [-0.4, -0.2) is 27.7 Å². The quantitative estimate of drug-likeness (QED) is 0.525. The molecule has 3 aromatic rings. The summed E-state index contributed by atoms with van der Waals surface area (Å²) in [7, 11) is 0. The number of aromatic nitrogens is 3. The fourth-order valence-corrected chi connectivity index (χ4v) is 4.66. The summed E-state index contributed by atoms with van der Waals surface area (Å²) in [5, 5.41) is 9.21. The van der Waals surface area contributed by atoms with Crippen LogP contribution in [0.15, 0.2) is 36.5 Å². The molecule has 0 radical (unpaired) electrons. The molecular weight excluding hydrogens is 413 g/mol.